The first-order valence-electron chi connectivity index (χ1n) is 10.0. The number of halogens is 1. The summed E-state index contributed by atoms with van der Waals surface area (Å²) in [4.78, 5) is 20.8. The Labute approximate surface area is 185 Å². The number of aliphatic imine (C=N–C) groups is 1. The molecule has 2 aliphatic rings. The molecule has 1 aromatic rings. The van der Waals surface area contributed by atoms with Gasteiger partial charge in [0.15, 0.2) is 5.96 Å². The van der Waals surface area contributed by atoms with Crippen LogP contribution in [0.25, 0.3) is 0 Å². The third kappa shape index (κ3) is 6.34. The van der Waals surface area contributed by atoms with Gasteiger partial charge >= 0.3 is 5.97 Å². The van der Waals surface area contributed by atoms with Crippen molar-refractivity contribution in [3.63, 3.8) is 0 Å². The SMILES string of the molecule is CN=C(NCc1ccc(CN2CCCC2)cc1)N1CCC(C(=O)OC)CC1.I. The van der Waals surface area contributed by atoms with E-state index in [4.69, 9.17) is 4.74 Å². The molecule has 0 amide bonds. The van der Waals surface area contributed by atoms with Crippen LogP contribution in [0.3, 0.4) is 0 Å². The quantitative estimate of drug-likeness (QED) is 0.292. The van der Waals surface area contributed by atoms with Crippen molar-refractivity contribution in [1.29, 1.82) is 0 Å². The molecule has 1 N–H and O–H groups in total. The van der Waals surface area contributed by atoms with Gasteiger partial charge in [0.1, 0.15) is 0 Å². The molecule has 3 rings (SSSR count). The van der Waals surface area contributed by atoms with Crippen LogP contribution in [0.15, 0.2) is 29.3 Å². The molecule has 0 bridgehead atoms. The van der Waals surface area contributed by atoms with E-state index in [1.165, 1.54) is 44.2 Å². The van der Waals surface area contributed by atoms with Crippen molar-refractivity contribution in [3.8, 4) is 0 Å². The van der Waals surface area contributed by atoms with Crippen molar-refractivity contribution < 1.29 is 9.53 Å². The summed E-state index contributed by atoms with van der Waals surface area (Å²) in [6, 6.07) is 8.88. The molecule has 0 aliphatic carbocycles. The van der Waals surface area contributed by atoms with Gasteiger partial charge in [0, 0.05) is 33.2 Å². The number of benzene rings is 1. The zero-order chi connectivity index (χ0) is 19.1. The van der Waals surface area contributed by atoms with Gasteiger partial charge < -0.3 is 15.0 Å². The van der Waals surface area contributed by atoms with Crippen LogP contribution in [-0.4, -0.2) is 62.1 Å². The summed E-state index contributed by atoms with van der Waals surface area (Å²) >= 11 is 0. The van der Waals surface area contributed by atoms with Crippen LogP contribution in [0.5, 0.6) is 0 Å². The number of guanidine groups is 1. The number of hydrogen-bond acceptors (Lipinski definition) is 4. The largest absolute Gasteiger partial charge is 0.469 e. The summed E-state index contributed by atoms with van der Waals surface area (Å²) in [5, 5.41) is 3.46. The predicted molar refractivity (Wildman–Crippen MR) is 123 cm³/mol. The third-order valence-corrected chi connectivity index (χ3v) is 5.62. The van der Waals surface area contributed by atoms with Gasteiger partial charge in [-0.2, -0.15) is 0 Å². The number of hydrogen-bond donors (Lipinski definition) is 1. The molecule has 156 valence electrons. The minimum absolute atomic E-state index is 0. The summed E-state index contributed by atoms with van der Waals surface area (Å²) in [6.45, 7) is 5.93. The van der Waals surface area contributed by atoms with Gasteiger partial charge in [0.25, 0.3) is 0 Å². The maximum absolute atomic E-state index is 11.7. The van der Waals surface area contributed by atoms with Gasteiger partial charge in [-0.05, 0) is 49.9 Å². The third-order valence-electron chi connectivity index (χ3n) is 5.62. The first-order chi connectivity index (χ1) is 13.2. The first-order valence-corrected chi connectivity index (χ1v) is 10.0. The van der Waals surface area contributed by atoms with E-state index in [2.05, 4.69) is 44.4 Å². The lowest BCUT2D eigenvalue weighted by atomic mass is 9.97. The highest BCUT2D eigenvalue weighted by molar-refractivity contribution is 14.0. The second kappa shape index (κ2) is 11.6. The molecule has 1 aromatic carbocycles. The molecule has 28 heavy (non-hydrogen) atoms. The number of likely N-dealkylation sites (tertiary alicyclic amines) is 2. The van der Waals surface area contributed by atoms with Crippen LogP contribution >= 0.6 is 24.0 Å². The van der Waals surface area contributed by atoms with Crippen LogP contribution in [0.1, 0.15) is 36.8 Å². The Morgan fingerprint density at radius 2 is 1.71 bits per heavy atom. The molecule has 0 radical (unpaired) electrons. The lowest BCUT2D eigenvalue weighted by Crippen LogP contribution is -2.46. The average molecular weight is 500 g/mol. The highest BCUT2D eigenvalue weighted by atomic mass is 127. The number of rotatable bonds is 5. The van der Waals surface area contributed by atoms with Gasteiger partial charge in [-0.15, -0.1) is 24.0 Å². The number of piperidine rings is 1. The second-order valence-corrected chi connectivity index (χ2v) is 7.48. The van der Waals surface area contributed by atoms with Gasteiger partial charge in [-0.25, -0.2) is 0 Å². The van der Waals surface area contributed by atoms with E-state index in [9.17, 15) is 4.79 Å². The Kier molecular flexibility index (Phi) is 9.50. The lowest BCUT2D eigenvalue weighted by Gasteiger charge is -2.33. The zero-order valence-corrected chi connectivity index (χ0v) is 19.4. The van der Waals surface area contributed by atoms with Gasteiger partial charge in [-0.1, -0.05) is 24.3 Å². The van der Waals surface area contributed by atoms with Crippen LogP contribution in [-0.2, 0) is 22.6 Å². The van der Waals surface area contributed by atoms with Crippen LogP contribution < -0.4 is 5.32 Å². The molecule has 2 heterocycles. The predicted octanol–water partition coefficient (Wildman–Crippen LogP) is 2.86. The maximum Gasteiger partial charge on any atom is 0.308 e. The summed E-state index contributed by atoms with van der Waals surface area (Å²) in [7, 11) is 3.28. The highest BCUT2D eigenvalue weighted by Gasteiger charge is 2.26. The number of ether oxygens (including phenoxy) is 1. The monoisotopic (exact) mass is 500 g/mol. The van der Waals surface area contributed by atoms with E-state index < -0.39 is 0 Å². The zero-order valence-electron chi connectivity index (χ0n) is 17.0. The Bertz CT molecular complexity index is 636. The second-order valence-electron chi connectivity index (χ2n) is 7.48. The Morgan fingerprint density at radius 3 is 2.29 bits per heavy atom. The number of carbonyl (C=O) groups is 1. The molecular weight excluding hydrogens is 467 g/mol. The topological polar surface area (TPSA) is 57.2 Å². The van der Waals surface area contributed by atoms with Crippen molar-refractivity contribution in [1.82, 2.24) is 15.1 Å². The lowest BCUT2D eigenvalue weighted by molar-refractivity contribution is -0.146. The molecule has 0 atom stereocenters. The Hall–Kier alpha value is -1.35. The van der Waals surface area contributed by atoms with E-state index in [-0.39, 0.29) is 35.9 Å². The fraction of sp³-hybridized carbons (Fsp3) is 0.619. The molecule has 0 unspecified atom stereocenters. The molecule has 2 fully saturated rings. The maximum atomic E-state index is 11.7. The number of carbonyl (C=O) groups excluding carboxylic acids is 1. The van der Waals surface area contributed by atoms with Crippen LogP contribution in [0.2, 0.25) is 0 Å². The van der Waals surface area contributed by atoms with E-state index in [1.807, 2.05) is 7.05 Å². The summed E-state index contributed by atoms with van der Waals surface area (Å²) in [5.41, 5.74) is 2.64. The van der Waals surface area contributed by atoms with Crippen LogP contribution in [0, 0.1) is 5.92 Å². The Morgan fingerprint density at radius 1 is 1.11 bits per heavy atom. The first kappa shape index (κ1) is 22.9. The van der Waals surface area contributed by atoms with Gasteiger partial charge in [-0.3, -0.25) is 14.7 Å². The van der Waals surface area contributed by atoms with E-state index in [0.29, 0.717) is 0 Å². The molecule has 0 spiro atoms. The summed E-state index contributed by atoms with van der Waals surface area (Å²) in [6.07, 6.45) is 4.30. The van der Waals surface area contributed by atoms with E-state index >= 15 is 0 Å². The fourth-order valence-corrected chi connectivity index (χ4v) is 3.97. The van der Waals surface area contributed by atoms with Gasteiger partial charge in [0.05, 0.1) is 13.0 Å². The smallest absolute Gasteiger partial charge is 0.308 e. The molecule has 7 heteroatoms. The van der Waals surface area contributed by atoms with E-state index in [1.54, 1.807) is 0 Å². The molecule has 0 saturated carbocycles. The summed E-state index contributed by atoms with van der Waals surface area (Å²) < 4.78 is 4.86. The number of methoxy groups -OCH3 is 1. The molecule has 0 aromatic heterocycles. The van der Waals surface area contributed by atoms with Crippen molar-refractivity contribution in [2.75, 3.05) is 40.3 Å². The fourth-order valence-electron chi connectivity index (χ4n) is 3.97. The molecule has 2 saturated heterocycles. The van der Waals surface area contributed by atoms with Crippen molar-refractivity contribution >= 4 is 35.9 Å². The number of nitrogens with one attached hydrogen (secondary N) is 1. The van der Waals surface area contributed by atoms with Gasteiger partial charge in [0.2, 0.25) is 0 Å². The van der Waals surface area contributed by atoms with Crippen molar-refractivity contribution in [2.24, 2.45) is 10.9 Å². The average Bonchev–Trinajstić information content (AvgIpc) is 3.22. The summed E-state index contributed by atoms with van der Waals surface area (Å²) in [5.74, 6) is 0.832. The van der Waals surface area contributed by atoms with Crippen LogP contribution in [0.4, 0.5) is 0 Å². The minimum atomic E-state index is -0.0911. The molecule has 2 aliphatic heterocycles. The molecule has 6 nitrogen and oxygen atoms in total. The number of nitrogens with zero attached hydrogens (tertiary/aromatic N) is 3. The standard InChI is InChI=1S/C21H32N4O2.HI/c1-22-21(25-13-9-19(10-14-25)20(26)27-2)23-15-17-5-7-18(8-6-17)16-24-11-3-4-12-24;/h5-8,19H,3-4,9-16H2,1-2H3,(H,22,23);1H. The highest BCUT2D eigenvalue weighted by Crippen LogP contribution is 2.18. The molecular formula is C21H33IN4O2. The van der Waals surface area contributed by atoms with Crippen molar-refractivity contribution in [2.45, 2.75) is 38.8 Å². The normalized spacial score (nSPS) is 18.6. The van der Waals surface area contributed by atoms with Crippen molar-refractivity contribution in [3.05, 3.63) is 35.4 Å². The Balaban J connectivity index is 0.00000280. The minimum Gasteiger partial charge on any atom is -0.469 e. The number of esters is 1. The van der Waals surface area contributed by atoms with E-state index in [0.717, 1.165) is 45.0 Å².